The van der Waals surface area contributed by atoms with Gasteiger partial charge in [0.1, 0.15) is 6.04 Å². The molecule has 1 N–H and O–H groups in total. The normalized spacial score (nSPS) is 16.7. The maximum atomic E-state index is 12.8. The Morgan fingerprint density at radius 2 is 1.80 bits per heavy atom. The number of carbonyl (C=O) groups is 2. The number of rotatable bonds is 7. The molecule has 1 unspecified atom stereocenters. The van der Waals surface area contributed by atoms with E-state index in [2.05, 4.69) is 29.6 Å². The third-order valence-electron chi connectivity index (χ3n) is 5.01. The van der Waals surface area contributed by atoms with Crippen LogP contribution >= 0.6 is 0 Å². The van der Waals surface area contributed by atoms with Gasteiger partial charge in [-0.05, 0) is 37.2 Å². The van der Waals surface area contributed by atoms with Crippen LogP contribution in [0, 0.1) is 11.8 Å². The van der Waals surface area contributed by atoms with E-state index in [0.29, 0.717) is 12.3 Å². The highest BCUT2D eigenvalue weighted by molar-refractivity contribution is 5.88. The first kappa shape index (κ1) is 19.5. The van der Waals surface area contributed by atoms with Gasteiger partial charge in [0.05, 0.1) is 0 Å². The Labute approximate surface area is 152 Å². The molecule has 138 valence electrons. The molecule has 0 radical (unpaired) electrons. The first-order valence-corrected chi connectivity index (χ1v) is 9.64. The van der Waals surface area contributed by atoms with E-state index < -0.39 is 0 Å². The van der Waals surface area contributed by atoms with Crippen molar-refractivity contribution in [2.24, 2.45) is 11.8 Å². The highest BCUT2D eigenvalue weighted by Crippen LogP contribution is 2.22. The third kappa shape index (κ3) is 5.87. The highest BCUT2D eigenvalue weighted by atomic mass is 16.2. The van der Waals surface area contributed by atoms with E-state index in [9.17, 15) is 9.59 Å². The molecule has 1 aliphatic heterocycles. The molecule has 4 heteroatoms. The van der Waals surface area contributed by atoms with E-state index in [-0.39, 0.29) is 23.8 Å². The molecule has 4 nitrogen and oxygen atoms in total. The maximum absolute atomic E-state index is 12.8. The lowest BCUT2D eigenvalue weighted by Crippen LogP contribution is -2.51. The quantitative estimate of drug-likeness (QED) is 0.824. The van der Waals surface area contributed by atoms with Crippen LogP contribution < -0.4 is 5.32 Å². The summed E-state index contributed by atoms with van der Waals surface area (Å²) >= 11 is 0. The monoisotopic (exact) mass is 344 g/mol. The van der Waals surface area contributed by atoms with Gasteiger partial charge in [0.2, 0.25) is 11.8 Å². The van der Waals surface area contributed by atoms with Crippen LogP contribution in [0.1, 0.15) is 52.0 Å². The summed E-state index contributed by atoms with van der Waals surface area (Å²) in [6, 6.07) is 10.2. The molecule has 25 heavy (non-hydrogen) atoms. The first-order valence-electron chi connectivity index (χ1n) is 9.64. The minimum atomic E-state index is -0.370. The summed E-state index contributed by atoms with van der Waals surface area (Å²) in [7, 11) is 0. The molecule has 1 aromatic rings. The van der Waals surface area contributed by atoms with Gasteiger partial charge in [-0.1, -0.05) is 57.5 Å². The van der Waals surface area contributed by atoms with E-state index in [0.717, 1.165) is 38.8 Å². The number of hydrogen-bond donors (Lipinski definition) is 1. The summed E-state index contributed by atoms with van der Waals surface area (Å²) < 4.78 is 0. The Morgan fingerprint density at radius 3 is 2.36 bits per heavy atom. The molecule has 2 amide bonds. The van der Waals surface area contributed by atoms with Crippen molar-refractivity contribution in [2.75, 3.05) is 13.1 Å². The van der Waals surface area contributed by atoms with Crippen LogP contribution in [0.15, 0.2) is 30.3 Å². The topological polar surface area (TPSA) is 49.4 Å². The molecule has 1 saturated heterocycles. The number of benzene rings is 1. The van der Waals surface area contributed by atoms with E-state index in [1.807, 2.05) is 31.7 Å². The zero-order valence-corrected chi connectivity index (χ0v) is 15.8. The van der Waals surface area contributed by atoms with Crippen LogP contribution in [-0.2, 0) is 16.0 Å². The number of nitrogens with one attached hydrogen (secondary N) is 1. The van der Waals surface area contributed by atoms with Crippen molar-refractivity contribution >= 4 is 11.8 Å². The summed E-state index contributed by atoms with van der Waals surface area (Å²) in [4.78, 5) is 26.8. The largest absolute Gasteiger partial charge is 0.344 e. The summed E-state index contributed by atoms with van der Waals surface area (Å²) in [5.41, 5.74) is 1.38. The molecule has 1 aromatic carbocycles. The summed E-state index contributed by atoms with van der Waals surface area (Å²) in [5, 5.41) is 2.94. The molecule has 0 spiro atoms. The Bertz CT molecular complexity index is 548. The van der Waals surface area contributed by atoms with Crippen molar-refractivity contribution in [1.29, 1.82) is 0 Å². The minimum absolute atomic E-state index is 0.0363. The molecule has 1 aliphatic rings. The zero-order valence-electron chi connectivity index (χ0n) is 15.8. The standard InChI is InChI=1S/C21H32N2O2/c1-4-8-19(22-20(24)16(2)3)21(25)23-13-11-18(12-14-23)15-17-9-6-5-7-10-17/h5-7,9-10,16,18-19H,4,8,11-15H2,1-3H3,(H,22,24). The molecule has 2 rings (SSSR count). The molecule has 1 atom stereocenters. The zero-order chi connectivity index (χ0) is 18.2. The average Bonchev–Trinajstić information content (AvgIpc) is 2.62. The number of amides is 2. The van der Waals surface area contributed by atoms with Gasteiger partial charge in [0, 0.05) is 19.0 Å². The van der Waals surface area contributed by atoms with E-state index in [1.54, 1.807) is 0 Å². The fraction of sp³-hybridized carbons (Fsp3) is 0.619. The first-order chi connectivity index (χ1) is 12.0. The van der Waals surface area contributed by atoms with Crippen LogP contribution in [0.3, 0.4) is 0 Å². The predicted octanol–water partition coefficient (Wildman–Crippen LogP) is 3.41. The maximum Gasteiger partial charge on any atom is 0.245 e. The molecule has 0 aliphatic carbocycles. The molecule has 1 heterocycles. The number of piperidine rings is 1. The summed E-state index contributed by atoms with van der Waals surface area (Å²) in [6.07, 6.45) is 4.76. The second kappa shape index (κ2) is 9.59. The summed E-state index contributed by atoms with van der Waals surface area (Å²) in [6.45, 7) is 7.37. The predicted molar refractivity (Wildman–Crippen MR) is 101 cm³/mol. The van der Waals surface area contributed by atoms with Crippen LogP contribution in [0.2, 0.25) is 0 Å². The highest BCUT2D eigenvalue weighted by Gasteiger charge is 2.29. The Morgan fingerprint density at radius 1 is 1.16 bits per heavy atom. The van der Waals surface area contributed by atoms with Crippen LogP contribution in [-0.4, -0.2) is 35.8 Å². The average molecular weight is 344 g/mol. The van der Waals surface area contributed by atoms with Gasteiger partial charge < -0.3 is 10.2 Å². The molecular weight excluding hydrogens is 312 g/mol. The van der Waals surface area contributed by atoms with Crippen molar-refractivity contribution in [3.05, 3.63) is 35.9 Å². The molecular formula is C21H32N2O2. The van der Waals surface area contributed by atoms with Crippen LogP contribution in [0.4, 0.5) is 0 Å². The second-order valence-corrected chi connectivity index (χ2v) is 7.46. The van der Waals surface area contributed by atoms with Crippen molar-refractivity contribution < 1.29 is 9.59 Å². The third-order valence-corrected chi connectivity index (χ3v) is 5.01. The molecule has 1 fully saturated rings. The number of hydrogen-bond acceptors (Lipinski definition) is 2. The van der Waals surface area contributed by atoms with Crippen molar-refractivity contribution in [1.82, 2.24) is 10.2 Å². The van der Waals surface area contributed by atoms with Gasteiger partial charge in [-0.15, -0.1) is 0 Å². The Balaban J connectivity index is 1.86. The van der Waals surface area contributed by atoms with Crippen molar-refractivity contribution in [3.8, 4) is 0 Å². The van der Waals surface area contributed by atoms with E-state index in [4.69, 9.17) is 0 Å². The van der Waals surface area contributed by atoms with E-state index >= 15 is 0 Å². The lowest BCUT2D eigenvalue weighted by Gasteiger charge is -2.34. The smallest absolute Gasteiger partial charge is 0.245 e. The minimum Gasteiger partial charge on any atom is -0.344 e. The number of carbonyl (C=O) groups excluding carboxylic acids is 2. The van der Waals surface area contributed by atoms with Crippen molar-refractivity contribution in [3.63, 3.8) is 0 Å². The molecule has 0 saturated carbocycles. The molecule has 0 bridgehead atoms. The SMILES string of the molecule is CCCC(NC(=O)C(C)C)C(=O)N1CCC(Cc2ccccc2)CC1. The van der Waals surface area contributed by atoms with Crippen molar-refractivity contribution in [2.45, 2.75) is 58.9 Å². The second-order valence-electron chi connectivity index (χ2n) is 7.46. The van der Waals surface area contributed by atoms with Gasteiger partial charge in [0.15, 0.2) is 0 Å². The van der Waals surface area contributed by atoms with E-state index in [1.165, 1.54) is 5.56 Å². The van der Waals surface area contributed by atoms with Gasteiger partial charge in [-0.2, -0.15) is 0 Å². The van der Waals surface area contributed by atoms with Gasteiger partial charge >= 0.3 is 0 Å². The summed E-state index contributed by atoms with van der Waals surface area (Å²) in [5.74, 6) is 0.602. The number of likely N-dealkylation sites (tertiary alicyclic amines) is 1. The molecule has 0 aromatic heterocycles. The Kier molecular flexibility index (Phi) is 7.48. The van der Waals surface area contributed by atoms with Crippen LogP contribution in [0.5, 0.6) is 0 Å². The number of nitrogens with zero attached hydrogens (tertiary/aromatic N) is 1. The van der Waals surface area contributed by atoms with Gasteiger partial charge in [0.25, 0.3) is 0 Å². The lowest BCUT2D eigenvalue weighted by molar-refractivity contribution is -0.138. The fourth-order valence-corrected chi connectivity index (χ4v) is 3.41. The fourth-order valence-electron chi connectivity index (χ4n) is 3.41. The van der Waals surface area contributed by atoms with Crippen LogP contribution in [0.25, 0.3) is 0 Å². The van der Waals surface area contributed by atoms with Gasteiger partial charge in [-0.25, -0.2) is 0 Å². The van der Waals surface area contributed by atoms with Gasteiger partial charge in [-0.3, -0.25) is 9.59 Å². The lowest BCUT2D eigenvalue weighted by atomic mass is 9.90. The Hall–Kier alpha value is -1.84.